The first-order valence-corrected chi connectivity index (χ1v) is 41.7. The molecular formula is C81H131N7O33. The average molecular weight is 1730 g/mol. The highest BCUT2D eigenvalue weighted by molar-refractivity contribution is 5.81. The topological polar surface area (TPSA) is 522 Å². The summed E-state index contributed by atoms with van der Waals surface area (Å²) >= 11 is 0. The fourth-order valence-corrected chi connectivity index (χ4v) is 13.9. The van der Waals surface area contributed by atoms with Gasteiger partial charge in [-0.05, 0) is 89.9 Å². The maximum atomic E-state index is 14.3. The smallest absolute Gasteiger partial charge is 0.305 e. The van der Waals surface area contributed by atoms with E-state index >= 15 is 0 Å². The van der Waals surface area contributed by atoms with Gasteiger partial charge in [0.15, 0.2) is 55.5 Å². The predicted octanol–water partition coefficient (Wildman–Crippen LogP) is 3.52. The van der Waals surface area contributed by atoms with Crippen molar-refractivity contribution in [1.29, 1.82) is 0 Å². The Hall–Kier alpha value is -9.25. The van der Waals surface area contributed by atoms with Crippen LogP contribution in [0.4, 0.5) is 0 Å². The molecule has 40 heteroatoms. The number of unbranched alkanes of at least 4 members (excludes halogenated alkanes) is 14. The van der Waals surface area contributed by atoms with Crippen molar-refractivity contribution < 1.29 is 157 Å². The quantitative estimate of drug-likeness (QED) is 0.0260. The lowest BCUT2D eigenvalue weighted by atomic mass is 9.82. The minimum atomic E-state index is -1.32. The Bertz CT molecular complexity index is 3030. The summed E-state index contributed by atoms with van der Waals surface area (Å²) in [5.41, 5.74) is -1.30. The van der Waals surface area contributed by atoms with Crippen molar-refractivity contribution in [2.75, 3.05) is 66.4 Å². The van der Waals surface area contributed by atoms with Crippen LogP contribution in [0.5, 0.6) is 0 Å². The van der Waals surface area contributed by atoms with Crippen LogP contribution in [0.15, 0.2) is 0 Å². The van der Waals surface area contributed by atoms with Crippen molar-refractivity contribution >= 4 is 101 Å². The highest BCUT2D eigenvalue weighted by atomic mass is 16.7. The van der Waals surface area contributed by atoms with Gasteiger partial charge in [-0.25, -0.2) is 0 Å². The summed E-state index contributed by atoms with van der Waals surface area (Å²) in [4.78, 5) is 215. The third kappa shape index (κ3) is 44.9. The lowest BCUT2D eigenvalue weighted by Crippen LogP contribution is -2.66. The monoisotopic (exact) mass is 1730 g/mol. The number of esters is 10. The third-order valence-corrected chi connectivity index (χ3v) is 19.4. The normalized spacial score (nSPS) is 22.8. The zero-order chi connectivity index (χ0) is 90.0. The van der Waals surface area contributed by atoms with Crippen molar-refractivity contribution in [1.82, 2.24) is 37.2 Å². The second kappa shape index (κ2) is 58.7. The molecule has 688 valence electrons. The Morgan fingerprint density at radius 1 is 0.289 bits per heavy atom. The summed E-state index contributed by atoms with van der Waals surface area (Å²) in [5.74, 6) is -10.1. The molecule has 0 spiro atoms. The molecule has 3 saturated heterocycles. The largest absolute Gasteiger partial charge is 0.469 e. The summed E-state index contributed by atoms with van der Waals surface area (Å²) in [5, 5.41) is 19.9. The Balaban J connectivity index is 1.86. The zero-order valence-corrected chi connectivity index (χ0v) is 72.4. The van der Waals surface area contributed by atoms with Gasteiger partial charge in [0.25, 0.3) is 0 Å². The maximum Gasteiger partial charge on any atom is 0.305 e. The van der Waals surface area contributed by atoms with E-state index in [2.05, 4.69) is 37.2 Å². The minimum Gasteiger partial charge on any atom is -0.469 e. The molecule has 7 amide bonds. The van der Waals surface area contributed by atoms with Crippen molar-refractivity contribution in [2.24, 2.45) is 0 Å². The van der Waals surface area contributed by atoms with Crippen LogP contribution in [0.25, 0.3) is 0 Å². The molecule has 3 aliphatic heterocycles. The van der Waals surface area contributed by atoms with E-state index in [-0.39, 0.29) is 96.3 Å². The van der Waals surface area contributed by atoms with Crippen LogP contribution >= 0.6 is 0 Å². The van der Waals surface area contributed by atoms with Crippen LogP contribution in [0.3, 0.4) is 0 Å². The maximum absolute atomic E-state index is 14.3. The first-order chi connectivity index (χ1) is 57.4. The van der Waals surface area contributed by atoms with Crippen LogP contribution in [-0.4, -0.2) is 265 Å². The lowest BCUT2D eigenvalue weighted by Gasteiger charge is -2.44. The Morgan fingerprint density at radius 2 is 0.545 bits per heavy atom. The van der Waals surface area contributed by atoms with E-state index in [0.29, 0.717) is 70.6 Å². The first kappa shape index (κ1) is 106. The molecule has 0 aromatic heterocycles. The highest BCUT2D eigenvalue weighted by Crippen LogP contribution is 2.33. The molecular weight excluding hydrogens is 1600 g/mol. The molecule has 3 heterocycles. The standard InChI is InChI=1S/C81H131N7O33/c1-49(89)85-69-75(116-58(10)98)72(113-55(7)95)61(46-110-52(4)92)119-78(69)107-43-29-21-26-40-82-64(101)34-37-81(88-67(104)32-24-19-17-15-14-16-18-20-25-33-68(105)106-13,38-35-65(102)83-41-27-22-30-44-108-79-70(86-50(2)90)76(117-59(11)99)73(114-56(8)96)62(120-79)47-111-53(5)93)39-36-66(103)84-42-28-23-31-45-109-80-71(87-51(3)91)77(118-60(12)100)74(115-57(9)97)63(121-80)48-112-54(6)94/h61-63,69-80H,14-48H2,1-13H3,(H,82,101)(H,83,102)(H,84,103)(H,85,89)(H,86,90)(H,87,91)(H,88,104)/t61?,62?,63?,69?,70?,71?,72-,73-,74-,75+,76+,77+,78+,79+,80+,81?/m0/s1. The third-order valence-electron chi connectivity index (χ3n) is 19.4. The van der Waals surface area contributed by atoms with Crippen LogP contribution < -0.4 is 37.2 Å². The SMILES string of the molecule is COC(=O)CCCCCCCCCCCC(=O)NC(CCC(=O)NCCCCCO[C@@H]1OC(COC(C)=O)[C@H](OC(C)=O)[C@H](OC(C)=O)C1NC(C)=O)(CCC(=O)NCCCCCO[C@@H]1OC(COC(C)=O)[C@H](OC(C)=O)[C@H](OC(C)=O)C1NC(C)=O)CCC(=O)NCCCCCO[C@@H]1OC(COC(C)=O)[C@H](OC(C)=O)[C@H](OC(C)=O)C1NC(C)=O. The van der Waals surface area contributed by atoms with Gasteiger partial charge in [-0.1, -0.05) is 44.9 Å². The number of rotatable bonds is 58. The molecule has 0 saturated carbocycles. The van der Waals surface area contributed by atoms with E-state index in [1.54, 1.807) is 0 Å². The fraction of sp³-hybridized carbons (Fsp3) is 0.790. The summed E-state index contributed by atoms with van der Waals surface area (Å²) < 4.78 is 90.0. The highest BCUT2D eigenvalue weighted by Gasteiger charge is 2.54. The molecule has 3 fully saturated rings. The average Bonchev–Trinajstić information content (AvgIpc) is 0.776. The second-order valence-corrected chi connectivity index (χ2v) is 30.1. The Labute approximate surface area is 706 Å². The number of ether oxygens (including phenoxy) is 16. The number of nitrogens with one attached hydrogen (secondary N) is 7. The zero-order valence-electron chi connectivity index (χ0n) is 72.4. The van der Waals surface area contributed by atoms with E-state index < -0.39 is 206 Å². The molecule has 3 rings (SSSR count). The van der Waals surface area contributed by atoms with Gasteiger partial charge in [0, 0.05) is 160 Å². The van der Waals surface area contributed by atoms with Crippen molar-refractivity contribution in [3.05, 3.63) is 0 Å². The van der Waals surface area contributed by atoms with Crippen LogP contribution in [0, 0.1) is 0 Å². The van der Waals surface area contributed by atoms with Crippen LogP contribution in [0.2, 0.25) is 0 Å². The first-order valence-electron chi connectivity index (χ1n) is 41.7. The molecule has 7 N–H and O–H groups in total. The van der Waals surface area contributed by atoms with Crippen molar-refractivity contribution in [3.8, 4) is 0 Å². The van der Waals surface area contributed by atoms with E-state index in [0.717, 1.165) is 114 Å². The summed E-state index contributed by atoms with van der Waals surface area (Å²) in [7, 11) is 1.36. The van der Waals surface area contributed by atoms with Crippen molar-refractivity contribution in [2.45, 2.75) is 347 Å². The number of hydrogen-bond acceptors (Lipinski definition) is 33. The Morgan fingerprint density at radius 3 is 0.802 bits per heavy atom. The van der Waals surface area contributed by atoms with Gasteiger partial charge in [0.2, 0.25) is 41.4 Å². The molecule has 0 aliphatic carbocycles. The van der Waals surface area contributed by atoms with Gasteiger partial charge in [0.05, 0.1) is 7.11 Å². The summed E-state index contributed by atoms with van der Waals surface area (Å²) in [6.45, 7) is 13.2. The van der Waals surface area contributed by atoms with E-state index in [1.165, 1.54) is 27.9 Å². The van der Waals surface area contributed by atoms with Gasteiger partial charge in [-0.3, -0.25) is 81.5 Å². The molecule has 0 bridgehead atoms. The Kier molecular flexibility index (Phi) is 51.4. The molecule has 121 heavy (non-hydrogen) atoms. The van der Waals surface area contributed by atoms with Gasteiger partial charge >= 0.3 is 59.7 Å². The molecule has 3 aliphatic rings. The summed E-state index contributed by atoms with van der Waals surface area (Å²) in [6, 6.07) is -3.54. The molecule has 0 radical (unpaired) electrons. The van der Waals surface area contributed by atoms with Gasteiger partial charge in [0.1, 0.15) is 56.3 Å². The number of carbonyl (C=O) groups is 17. The number of hydrogen-bond donors (Lipinski definition) is 7. The molecule has 6 unspecified atom stereocenters. The van der Waals surface area contributed by atoms with Crippen molar-refractivity contribution in [3.63, 3.8) is 0 Å². The second-order valence-electron chi connectivity index (χ2n) is 30.1. The molecule has 0 aromatic rings. The number of carbonyl (C=O) groups excluding carboxylic acids is 17. The molecule has 15 atom stereocenters. The van der Waals surface area contributed by atoms with E-state index in [4.69, 9.17) is 75.8 Å². The van der Waals surface area contributed by atoms with Gasteiger partial charge in [-0.15, -0.1) is 0 Å². The summed E-state index contributed by atoms with van der Waals surface area (Å²) in [6.07, 6.45) is -3.84. The van der Waals surface area contributed by atoms with E-state index in [1.807, 2.05) is 0 Å². The van der Waals surface area contributed by atoms with Gasteiger partial charge in [-0.2, -0.15) is 0 Å². The molecule has 0 aromatic carbocycles. The number of methoxy groups -OCH3 is 1. The van der Waals surface area contributed by atoms with Gasteiger partial charge < -0.3 is 113 Å². The van der Waals surface area contributed by atoms with Crippen LogP contribution in [-0.2, 0) is 157 Å². The lowest BCUT2D eigenvalue weighted by molar-refractivity contribution is -0.277. The van der Waals surface area contributed by atoms with E-state index in [9.17, 15) is 81.5 Å². The fourth-order valence-electron chi connectivity index (χ4n) is 13.9. The van der Waals surface area contributed by atoms with Crippen LogP contribution in [0.1, 0.15) is 250 Å². The molecule has 40 nitrogen and oxygen atoms in total. The predicted molar refractivity (Wildman–Crippen MR) is 422 cm³/mol. The minimum absolute atomic E-state index is 0.00533. The number of amides is 7.